The van der Waals surface area contributed by atoms with Crippen molar-refractivity contribution in [3.05, 3.63) is 35.1 Å². The highest BCUT2D eigenvalue weighted by Gasteiger charge is 2.13. The van der Waals surface area contributed by atoms with Crippen molar-refractivity contribution in [3.63, 3.8) is 0 Å². The fraction of sp³-hybridized carbons (Fsp3) is 0.562. The van der Waals surface area contributed by atoms with E-state index in [-0.39, 0.29) is 5.56 Å². The first-order chi connectivity index (χ1) is 9.29. The zero-order valence-electron chi connectivity index (χ0n) is 11.3. The third kappa shape index (κ3) is 4.33. The summed E-state index contributed by atoms with van der Waals surface area (Å²) in [5.74, 6) is 0.505. The quantitative estimate of drug-likeness (QED) is 0.790. The van der Waals surface area contributed by atoms with Gasteiger partial charge in [0.05, 0.1) is 5.56 Å². The minimum absolute atomic E-state index is 0.130. The van der Waals surface area contributed by atoms with Gasteiger partial charge in [0.25, 0.3) is 0 Å². The Balaban J connectivity index is 1.66. The molecule has 0 amide bonds. The van der Waals surface area contributed by atoms with Crippen LogP contribution >= 0.6 is 0 Å². The van der Waals surface area contributed by atoms with Crippen LogP contribution in [-0.2, 0) is 6.54 Å². The van der Waals surface area contributed by atoms with Gasteiger partial charge in [0.15, 0.2) is 0 Å². The SMILES string of the molecule is N#Cc1cc(CNCCCC2CCCC2)ccc1F. The van der Waals surface area contributed by atoms with Crippen LogP contribution in [0.3, 0.4) is 0 Å². The van der Waals surface area contributed by atoms with Crippen LogP contribution in [0.25, 0.3) is 0 Å². The molecule has 1 aliphatic rings. The molecule has 1 N–H and O–H groups in total. The van der Waals surface area contributed by atoms with E-state index in [0.29, 0.717) is 6.54 Å². The van der Waals surface area contributed by atoms with Crippen LogP contribution in [-0.4, -0.2) is 6.54 Å². The lowest BCUT2D eigenvalue weighted by Crippen LogP contribution is -2.15. The lowest BCUT2D eigenvalue weighted by atomic mass is 10.0. The lowest BCUT2D eigenvalue weighted by Gasteiger charge is -2.09. The molecule has 2 nitrogen and oxygen atoms in total. The summed E-state index contributed by atoms with van der Waals surface area (Å²) >= 11 is 0. The Kier molecular flexibility index (Phi) is 5.35. The minimum Gasteiger partial charge on any atom is -0.313 e. The number of hydrogen-bond acceptors (Lipinski definition) is 2. The van der Waals surface area contributed by atoms with Crippen molar-refractivity contribution in [2.75, 3.05) is 6.54 Å². The predicted octanol–water partition coefficient (Wildman–Crippen LogP) is 3.76. The van der Waals surface area contributed by atoms with E-state index in [1.807, 2.05) is 6.07 Å². The summed E-state index contributed by atoms with van der Waals surface area (Å²) < 4.78 is 13.1. The van der Waals surface area contributed by atoms with Crippen LogP contribution in [0.1, 0.15) is 49.7 Å². The number of rotatable bonds is 6. The number of nitrogens with one attached hydrogen (secondary N) is 1. The van der Waals surface area contributed by atoms with E-state index >= 15 is 0 Å². The van der Waals surface area contributed by atoms with Crippen LogP contribution in [0.2, 0.25) is 0 Å². The Morgan fingerprint density at radius 1 is 1.32 bits per heavy atom. The number of nitrogens with zero attached hydrogens (tertiary/aromatic N) is 1. The second-order valence-electron chi connectivity index (χ2n) is 5.40. The minimum atomic E-state index is -0.438. The van der Waals surface area contributed by atoms with Crippen molar-refractivity contribution in [3.8, 4) is 6.07 Å². The van der Waals surface area contributed by atoms with Crippen LogP contribution in [0, 0.1) is 23.1 Å². The van der Waals surface area contributed by atoms with Gasteiger partial charge in [0, 0.05) is 6.54 Å². The van der Waals surface area contributed by atoms with E-state index in [1.165, 1.54) is 44.6 Å². The molecule has 1 saturated carbocycles. The summed E-state index contributed by atoms with van der Waals surface area (Å²) in [6, 6.07) is 6.60. The molecule has 2 rings (SSSR count). The van der Waals surface area contributed by atoms with Gasteiger partial charge in [-0.25, -0.2) is 4.39 Å². The molecule has 0 atom stereocenters. The van der Waals surface area contributed by atoms with Crippen molar-refractivity contribution in [1.82, 2.24) is 5.32 Å². The molecule has 0 bridgehead atoms. The molecule has 0 unspecified atom stereocenters. The summed E-state index contributed by atoms with van der Waals surface area (Å²) in [4.78, 5) is 0. The summed E-state index contributed by atoms with van der Waals surface area (Å²) in [5.41, 5.74) is 1.10. The molecule has 0 radical (unpaired) electrons. The first kappa shape index (κ1) is 14.0. The van der Waals surface area contributed by atoms with Gasteiger partial charge in [0.2, 0.25) is 0 Å². The van der Waals surface area contributed by atoms with Gasteiger partial charge in [-0.2, -0.15) is 5.26 Å². The number of nitriles is 1. The topological polar surface area (TPSA) is 35.8 Å². The summed E-state index contributed by atoms with van der Waals surface area (Å²) in [6.45, 7) is 1.70. The van der Waals surface area contributed by atoms with Crippen molar-refractivity contribution in [2.24, 2.45) is 5.92 Å². The fourth-order valence-corrected chi connectivity index (χ4v) is 2.82. The van der Waals surface area contributed by atoms with Gasteiger partial charge < -0.3 is 5.32 Å². The van der Waals surface area contributed by atoms with Crippen LogP contribution < -0.4 is 5.32 Å². The second kappa shape index (κ2) is 7.25. The average Bonchev–Trinajstić information content (AvgIpc) is 2.93. The van der Waals surface area contributed by atoms with E-state index in [0.717, 1.165) is 18.0 Å². The van der Waals surface area contributed by atoms with E-state index in [2.05, 4.69) is 5.32 Å². The predicted molar refractivity (Wildman–Crippen MR) is 74.0 cm³/mol. The second-order valence-corrected chi connectivity index (χ2v) is 5.40. The maximum atomic E-state index is 13.1. The van der Waals surface area contributed by atoms with Crippen molar-refractivity contribution in [2.45, 2.75) is 45.1 Å². The standard InChI is InChI=1S/C16H21FN2/c17-16-8-7-14(10-15(16)11-18)12-19-9-3-6-13-4-1-2-5-13/h7-8,10,13,19H,1-6,9,12H2. The Morgan fingerprint density at radius 3 is 2.84 bits per heavy atom. The molecule has 0 saturated heterocycles. The largest absolute Gasteiger partial charge is 0.313 e. The van der Waals surface area contributed by atoms with E-state index < -0.39 is 5.82 Å². The molecule has 1 aliphatic carbocycles. The van der Waals surface area contributed by atoms with Crippen LogP contribution in [0.15, 0.2) is 18.2 Å². The Bertz CT molecular complexity index is 445. The molecule has 1 fully saturated rings. The first-order valence-electron chi connectivity index (χ1n) is 7.19. The van der Waals surface area contributed by atoms with Crippen LogP contribution in [0.4, 0.5) is 4.39 Å². The molecule has 19 heavy (non-hydrogen) atoms. The third-order valence-electron chi connectivity index (χ3n) is 3.92. The molecule has 102 valence electrons. The Hall–Kier alpha value is -1.40. The molecule has 0 spiro atoms. The average molecular weight is 260 g/mol. The molecule has 1 aromatic carbocycles. The summed E-state index contributed by atoms with van der Waals surface area (Å²) in [7, 11) is 0. The lowest BCUT2D eigenvalue weighted by molar-refractivity contribution is 0.470. The van der Waals surface area contributed by atoms with Gasteiger partial charge in [-0.15, -0.1) is 0 Å². The van der Waals surface area contributed by atoms with Crippen molar-refractivity contribution < 1.29 is 4.39 Å². The fourth-order valence-electron chi connectivity index (χ4n) is 2.82. The van der Waals surface area contributed by atoms with Crippen molar-refractivity contribution >= 4 is 0 Å². The molecular formula is C16H21FN2. The zero-order chi connectivity index (χ0) is 13.5. The molecule has 1 aromatic rings. The molecule has 0 aromatic heterocycles. The Morgan fingerprint density at radius 2 is 2.11 bits per heavy atom. The van der Waals surface area contributed by atoms with E-state index in [4.69, 9.17) is 5.26 Å². The highest BCUT2D eigenvalue weighted by molar-refractivity contribution is 5.34. The highest BCUT2D eigenvalue weighted by atomic mass is 19.1. The van der Waals surface area contributed by atoms with E-state index in [1.54, 1.807) is 12.1 Å². The molecule has 3 heteroatoms. The Labute approximate surface area is 114 Å². The maximum Gasteiger partial charge on any atom is 0.140 e. The zero-order valence-corrected chi connectivity index (χ0v) is 11.3. The molecular weight excluding hydrogens is 239 g/mol. The van der Waals surface area contributed by atoms with Gasteiger partial charge in [-0.1, -0.05) is 31.7 Å². The number of halogens is 1. The normalized spacial score (nSPS) is 15.6. The van der Waals surface area contributed by atoms with Gasteiger partial charge >= 0.3 is 0 Å². The number of hydrogen-bond donors (Lipinski definition) is 1. The first-order valence-corrected chi connectivity index (χ1v) is 7.19. The van der Waals surface area contributed by atoms with Crippen LogP contribution in [0.5, 0.6) is 0 Å². The number of benzene rings is 1. The smallest absolute Gasteiger partial charge is 0.140 e. The van der Waals surface area contributed by atoms with Gasteiger partial charge in [-0.05, 0) is 43.0 Å². The monoisotopic (exact) mass is 260 g/mol. The van der Waals surface area contributed by atoms with E-state index in [9.17, 15) is 4.39 Å². The maximum absolute atomic E-state index is 13.1. The molecule has 0 heterocycles. The molecule has 0 aliphatic heterocycles. The van der Waals surface area contributed by atoms with Gasteiger partial charge in [0.1, 0.15) is 11.9 Å². The summed E-state index contributed by atoms with van der Waals surface area (Å²) in [6.07, 6.45) is 8.15. The summed E-state index contributed by atoms with van der Waals surface area (Å²) in [5, 5.41) is 12.1. The van der Waals surface area contributed by atoms with Gasteiger partial charge in [-0.3, -0.25) is 0 Å². The van der Waals surface area contributed by atoms with Crippen molar-refractivity contribution in [1.29, 1.82) is 5.26 Å². The third-order valence-corrected chi connectivity index (χ3v) is 3.92. The highest BCUT2D eigenvalue weighted by Crippen LogP contribution is 2.28.